The Bertz CT molecular complexity index is 1720. The van der Waals surface area contributed by atoms with Gasteiger partial charge in [0.1, 0.15) is 5.82 Å². The number of hydrogen-bond acceptors (Lipinski definition) is 6. The lowest BCUT2D eigenvalue weighted by Gasteiger charge is -2.11. The second kappa shape index (κ2) is 9.82. The molecule has 0 aliphatic heterocycles. The first-order valence-corrected chi connectivity index (χ1v) is 13.4. The summed E-state index contributed by atoms with van der Waals surface area (Å²) in [5.41, 5.74) is 6.70. The number of hydrogen-bond donors (Lipinski definition) is 3. The van der Waals surface area contributed by atoms with Crippen molar-refractivity contribution in [2.45, 2.75) is 13.3 Å². The molecule has 3 heterocycles. The number of carbonyl (C=O) groups excluding carboxylic acids is 1. The van der Waals surface area contributed by atoms with E-state index in [4.69, 9.17) is 9.97 Å². The minimum absolute atomic E-state index is 0.326. The first-order chi connectivity index (χ1) is 17.7. The first kappa shape index (κ1) is 24.1. The molecule has 0 aliphatic rings. The van der Waals surface area contributed by atoms with Gasteiger partial charge in [-0.2, -0.15) is 0 Å². The molecule has 3 N–H and O–H groups in total. The fourth-order valence-electron chi connectivity index (χ4n) is 4.07. The summed E-state index contributed by atoms with van der Waals surface area (Å²) in [5.74, 6) is 0.340. The van der Waals surface area contributed by atoms with Gasteiger partial charge in [0.2, 0.25) is 10.0 Å². The standard InChI is InChI=1S/C27H24N6O3S/c1-17-13-21(30-27(34)19-5-3-7-22(14-19)33-37(2,35)36)9-8-18(17)15-24-31-23-10-12-29-26(23)25(32-24)20-6-4-11-28-16-20/h3-14,16,29,33H,15H2,1-2H3,(H,30,34). The fourth-order valence-corrected chi connectivity index (χ4v) is 4.62. The summed E-state index contributed by atoms with van der Waals surface area (Å²) in [6, 6.07) is 17.8. The smallest absolute Gasteiger partial charge is 0.255 e. The van der Waals surface area contributed by atoms with Crippen molar-refractivity contribution in [1.82, 2.24) is 19.9 Å². The van der Waals surface area contributed by atoms with Gasteiger partial charge >= 0.3 is 0 Å². The number of benzene rings is 2. The Morgan fingerprint density at radius 3 is 2.62 bits per heavy atom. The van der Waals surface area contributed by atoms with Crippen LogP contribution in [0.25, 0.3) is 22.3 Å². The molecule has 3 aromatic heterocycles. The van der Waals surface area contributed by atoms with Gasteiger partial charge in [0, 0.05) is 47.5 Å². The molecule has 0 radical (unpaired) electrons. The molecule has 2 aromatic carbocycles. The van der Waals surface area contributed by atoms with Crippen LogP contribution in [0.4, 0.5) is 11.4 Å². The predicted octanol–water partition coefficient (Wildman–Crippen LogP) is 4.54. The van der Waals surface area contributed by atoms with E-state index >= 15 is 0 Å². The van der Waals surface area contributed by atoms with E-state index in [0.29, 0.717) is 29.2 Å². The summed E-state index contributed by atoms with van der Waals surface area (Å²) in [4.78, 5) is 29.7. The number of rotatable bonds is 7. The molecule has 0 saturated carbocycles. The molecule has 9 nitrogen and oxygen atoms in total. The number of aromatic amines is 1. The Morgan fingerprint density at radius 1 is 1.00 bits per heavy atom. The second-order valence-electron chi connectivity index (χ2n) is 8.70. The lowest BCUT2D eigenvalue weighted by atomic mass is 10.0. The molecule has 37 heavy (non-hydrogen) atoms. The zero-order chi connectivity index (χ0) is 26.0. The number of nitrogens with one attached hydrogen (secondary N) is 3. The Kier molecular flexibility index (Phi) is 6.41. The van der Waals surface area contributed by atoms with Crippen molar-refractivity contribution in [1.29, 1.82) is 0 Å². The maximum Gasteiger partial charge on any atom is 0.255 e. The van der Waals surface area contributed by atoms with E-state index < -0.39 is 10.0 Å². The number of sulfonamides is 1. The fraction of sp³-hybridized carbons (Fsp3) is 0.111. The van der Waals surface area contributed by atoms with Gasteiger partial charge in [-0.05, 0) is 66.6 Å². The van der Waals surface area contributed by atoms with Crippen molar-refractivity contribution >= 4 is 38.3 Å². The van der Waals surface area contributed by atoms with Crippen LogP contribution in [0.5, 0.6) is 0 Å². The Morgan fingerprint density at radius 2 is 1.86 bits per heavy atom. The van der Waals surface area contributed by atoms with Crippen LogP contribution in [-0.4, -0.2) is 40.5 Å². The van der Waals surface area contributed by atoms with Crippen molar-refractivity contribution in [2.75, 3.05) is 16.3 Å². The number of H-pyrrole nitrogens is 1. The number of carbonyl (C=O) groups is 1. The van der Waals surface area contributed by atoms with E-state index in [0.717, 1.165) is 39.7 Å². The number of fused-ring (bicyclic) bond motifs is 1. The molecule has 0 saturated heterocycles. The molecule has 0 spiro atoms. The van der Waals surface area contributed by atoms with Gasteiger partial charge < -0.3 is 10.3 Å². The van der Waals surface area contributed by atoms with Crippen molar-refractivity contribution in [2.24, 2.45) is 0 Å². The van der Waals surface area contributed by atoms with Gasteiger partial charge in [0.05, 0.1) is 23.0 Å². The zero-order valence-electron chi connectivity index (χ0n) is 20.2. The minimum Gasteiger partial charge on any atom is -0.358 e. The summed E-state index contributed by atoms with van der Waals surface area (Å²) in [5, 5.41) is 2.87. The number of aromatic nitrogens is 4. The average molecular weight is 513 g/mol. The van der Waals surface area contributed by atoms with E-state index in [1.54, 1.807) is 30.6 Å². The first-order valence-electron chi connectivity index (χ1n) is 11.5. The Hall–Kier alpha value is -4.57. The van der Waals surface area contributed by atoms with Crippen molar-refractivity contribution < 1.29 is 13.2 Å². The normalized spacial score (nSPS) is 11.4. The summed E-state index contributed by atoms with van der Waals surface area (Å²) >= 11 is 0. The summed E-state index contributed by atoms with van der Waals surface area (Å²) < 4.78 is 25.4. The van der Waals surface area contributed by atoms with Crippen LogP contribution in [0.3, 0.4) is 0 Å². The second-order valence-corrected chi connectivity index (χ2v) is 10.4. The summed E-state index contributed by atoms with van der Waals surface area (Å²) in [7, 11) is -3.44. The SMILES string of the molecule is Cc1cc(NC(=O)c2cccc(NS(C)(=O)=O)c2)ccc1Cc1nc(-c2cccnc2)c2[nH]ccc2n1. The maximum atomic E-state index is 12.8. The largest absolute Gasteiger partial charge is 0.358 e. The van der Waals surface area contributed by atoms with E-state index in [1.807, 2.05) is 49.5 Å². The predicted molar refractivity (Wildman–Crippen MR) is 144 cm³/mol. The lowest BCUT2D eigenvalue weighted by molar-refractivity contribution is 0.102. The third-order valence-corrected chi connectivity index (χ3v) is 6.37. The van der Waals surface area contributed by atoms with Gasteiger partial charge in [-0.3, -0.25) is 14.5 Å². The van der Waals surface area contributed by atoms with Gasteiger partial charge in [-0.1, -0.05) is 12.1 Å². The summed E-state index contributed by atoms with van der Waals surface area (Å²) in [6.45, 7) is 1.97. The number of aryl methyl sites for hydroxylation is 1. The van der Waals surface area contributed by atoms with Gasteiger partial charge in [-0.15, -0.1) is 0 Å². The van der Waals surface area contributed by atoms with Crippen LogP contribution in [-0.2, 0) is 16.4 Å². The van der Waals surface area contributed by atoms with E-state index in [9.17, 15) is 13.2 Å². The quantitative estimate of drug-likeness (QED) is 0.294. The number of pyridine rings is 1. The Balaban J connectivity index is 1.36. The highest BCUT2D eigenvalue weighted by Crippen LogP contribution is 2.26. The molecule has 0 unspecified atom stereocenters. The molecular formula is C27H24N6O3S. The molecule has 0 aliphatic carbocycles. The molecule has 186 valence electrons. The average Bonchev–Trinajstić information content (AvgIpc) is 3.33. The van der Waals surface area contributed by atoms with Crippen LogP contribution >= 0.6 is 0 Å². The zero-order valence-corrected chi connectivity index (χ0v) is 21.0. The van der Waals surface area contributed by atoms with Gasteiger partial charge in [0.15, 0.2) is 0 Å². The third kappa shape index (κ3) is 5.65. The molecule has 0 fully saturated rings. The van der Waals surface area contributed by atoms with Crippen LogP contribution in [0.1, 0.15) is 27.3 Å². The van der Waals surface area contributed by atoms with E-state index in [-0.39, 0.29) is 5.91 Å². The van der Waals surface area contributed by atoms with E-state index in [2.05, 4.69) is 20.0 Å². The van der Waals surface area contributed by atoms with Crippen LogP contribution < -0.4 is 10.0 Å². The van der Waals surface area contributed by atoms with E-state index in [1.165, 1.54) is 6.07 Å². The number of nitrogens with zero attached hydrogens (tertiary/aromatic N) is 3. The molecule has 0 atom stereocenters. The van der Waals surface area contributed by atoms with Gasteiger partial charge in [-0.25, -0.2) is 18.4 Å². The monoisotopic (exact) mass is 512 g/mol. The number of amides is 1. The third-order valence-electron chi connectivity index (χ3n) is 5.76. The molecule has 10 heteroatoms. The number of anilines is 2. The lowest BCUT2D eigenvalue weighted by Crippen LogP contribution is -2.14. The highest BCUT2D eigenvalue weighted by Gasteiger charge is 2.14. The van der Waals surface area contributed by atoms with Crippen molar-refractivity contribution in [3.8, 4) is 11.3 Å². The molecule has 5 rings (SSSR count). The highest BCUT2D eigenvalue weighted by atomic mass is 32.2. The van der Waals surface area contributed by atoms with Crippen LogP contribution in [0, 0.1) is 6.92 Å². The topological polar surface area (TPSA) is 130 Å². The molecule has 1 amide bonds. The summed E-state index contributed by atoms with van der Waals surface area (Å²) in [6.07, 6.45) is 6.93. The minimum atomic E-state index is -3.44. The Labute approximate surface area is 214 Å². The molecular weight excluding hydrogens is 488 g/mol. The van der Waals surface area contributed by atoms with Crippen LogP contribution in [0.15, 0.2) is 79.3 Å². The highest BCUT2D eigenvalue weighted by molar-refractivity contribution is 7.92. The van der Waals surface area contributed by atoms with Crippen molar-refractivity contribution in [3.63, 3.8) is 0 Å². The van der Waals surface area contributed by atoms with Gasteiger partial charge in [0.25, 0.3) is 5.91 Å². The van der Waals surface area contributed by atoms with Crippen LogP contribution in [0.2, 0.25) is 0 Å². The molecule has 0 bridgehead atoms. The van der Waals surface area contributed by atoms with Crippen molar-refractivity contribution in [3.05, 3.63) is 102 Å². The maximum absolute atomic E-state index is 12.8. The molecule has 5 aromatic rings.